The third kappa shape index (κ3) is 3.64. The van der Waals surface area contributed by atoms with Crippen LogP contribution >= 0.6 is 12.2 Å². The Hall–Kier alpha value is -3.64. The molecule has 5 rings (SSSR count). The summed E-state index contributed by atoms with van der Waals surface area (Å²) >= 11 is 5.85. The molecule has 0 amide bonds. The van der Waals surface area contributed by atoms with Crippen molar-refractivity contribution < 1.29 is 5.11 Å². The molecule has 2 atom stereocenters. The lowest BCUT2D eigenvalue weighted by atomic mass is 9.96. The third-order valence-electron chi connectivity index (χ3n) is 6.68. The molecule has 1 aliphatic rings. The zero-order valence-corrected chi connectivity index (χ0v) is 20.6. The summed E-state index contributed by atoms with van der Waals surface area (Å²) in [5.74, 6) is 0.229. The molecule has 1 saturated heterocycles. The van der Waals surface area contributed by atoms with Crippen LogP contribution in [0.4, 0.5) is 5.69 Å². The number of anilines is 1. The van der Waals surface area contributed by atoms with Gasteiger partial charge in [-0.05, 0) is 99.1 Å². The number of aromatic nitrogens is 2. The minimum atomic E-state index is -0.116. The minimum Gasteiger partial charge on any atom is -0.508 e. The molecule has 172 valence electrons. The fourth-order valence-corrected chi connectivity index (χ4v) is 5.50. The number of aryl methyl sites for hydroxylation is 3. The first kappa shape index (κ1) is 22.2. The third-order valence-corrected chi connectivity index (χ3v) is 6.99. The lowest BCUT2D eigenvalue weighted by molar-refractivity contribution is 0.475. The van der Waals surface area contributed by atoms with Gasteiger partial charge in [-0.2, -0.15) is 0 Å². The van der Waals surface area contributed by atoms with E-state index in [4.69, 9.17) is 12.2 Å². The second-order valence-electron chi connectivity index (χ2n) is 8.92. The van der Waals surface area contributed by atoms with Gasteiger partial charge in [-0.1, -0.05) is 24.3 Å². The molecule has 2 N–H and O–H groups in total. The molecule has 0 spiro atoms. The maximum Gasteiger partial charge on any atom is 0.174 e. The number of nitrogens with zero attached hydrogens (tertiary/aromatic N) is 3. The van der Waals surface area contributed by atoms with Gasteiger partial charge in [-0.3, -0.25) is 4.98 Å². The predicted octanol–water partition coefficient (Wildman–Crippen LogP) is 5.99. The summed E-state index contributed by atoms with van der Waals surface area (Å²) in [4.78, 5) is 6.81. The first-order valence-corrected chi connectivity index (χ1v) is 11.8. The van der Waals surface area contributed by atoms with Crippen LogP contribution in [0.1, 0.15) is 45.9 Å². The summed E-state index contributed by atoms with van der Waals surface area (Å²) in [6.45, 7) is 8.66. The highest BCUT2D eigenvalue weighted by Crippen LogP contribution is 2.44. The van der Waals surface area contributed by atoms with Crippen LogP contribution < -0.4 is 10.2 Å². The Bertz CT molecular complexity index is 1340. The van der Waals surface area contributed by atoms with Crippen LogP contribution in [0.25, 0.3) is 5.69 Å². The fourth-order valence-electron chi connectivity index (χ4n) is 5.15. The Morgan fingerprint density at radius 3 is 2.26 bits per heavy atom. The van der Waals surface area contributed by atoms with Gasteiger partial charge < -0.3 is 19.9 Å². The van der Waals surface area contributed by atoms with Crippen molar-refractivity contribution >= 4 is 23.0 Å². The Kier molecular flexibility index (Phi) is 5.62. The lowest BCUT2D eigenvalue weighted by Gasteiger charge is -2.28. The molecule has 1 aliphatic heterocycles. The van der Waals surface area contributed by atoms with Crippen LogP contribution in [0.3, 0.4) is 0 Å². The molecule has 5 nitrogen and oxygen atoms in total. The molecular weight excluding hydrogens is 440 g/mol. The van der Waals surface area contributed by atoms with E-state index in [0.29, 0.717) is 5.11 Å². The average Bonchev–Trinajstić information content (AvgIpc) is 3.31. The Balaban J connectivity index is 1.71. The molecule has 3 heterocycles. The number of benzene rings is 2. The zero-order valence-electron chi connectivity index (χ0n) is 19.8. The van der Waals surface area contributed by atoms with E-state index in [9.17, 15) is 5.11 Å². The smallest absolute Gasteiger partial charge is 0.174 e. The molecule has 0 radical (unpaired) electrons. The SMILES string of the molecule is Cc1cccc(C)c1-n1c(C)cc([C@@H]2[C@@H](c3ccccn3)NC(=S)N2c2ccc(O)cc2)c1C. The number of phenols is 1. The summed E-state index contributed by atoms with van der Waals surface area (Å²) in [5, 5.41) is 14.0. The maximum atomic E-state index is 9.86. The molecule has 0 unspecified atom stereocenters. The van der Waals surface area contributed by atoms with Crippen molar-refractivity contribution in [3.05, 3.63) is 107 Å². The van der Waals surface area contributed by atoms with Gasteiger partial charge in [-0.15, -0.1) is 0 Å². The van der Waals surface area contributed by atoms with Gasteiger partial charge in [0.05, 0.1) is 23.5 Å². The molecule has 6 heteroatoms. The van der Waals surface area contributed by atoms with Crippen molar-refractivity contribution in [2.75, 3.05) is 4.90 Å². The van der Waals surface area contributed by atoms with Crippen LogP contribution in [0.2, 0.25) is 0 Å². The lowest BCUT2D eigenvalue weighted by Crippen LogP contribution is -2.29. The number of thiocarbonyl (C=S) groups is 1. The van der Waals surface area contributed by atoms with E-state index < -0.39 is 0 Å². The largest absolute Gasteiger partial charge is 0.508 e. The number of aromatic hydroxyl groups is 1. The monoisotopic (exact) mass is 468 g/mol. The van der Waals surface area contributed by atoms with Crippen molar-refractivity contribution in [2.24, 2.45) is 0 Å². The van der Waals surface area contributed by atoms with Gasteiger partial charge in [0, 0.05) is 23.3 Å². The number of hydrogen-bond acceptors (Lipinski definition) is 3. The van der Waals surface area contributed by atoms with Gasteiger partial charge in [0.1, 0.15) is 5.75 Å². The summed E-state index contributed by atoms with van der Waals surface area (Å²) < 4.78 is 2.35. The van der Waals surface area contributed by atoms with Crippen molar-refractivity contribution in [3.63, 3.8) is 0 Å². The van der Waals surface area contributed by atoms with Crippen molar-refractivity contribution in [2.45, 2.75) is 39.8 Å². The predicted molar refractivity (Wildman–Crippen MR) is 141 cm³/mol. The van der Waals surface area contributed by atoms with Gasteiger partial charge >= 0.3 is 0 Å². The van der Waals surface area contributed by atoms with Crippen LogP contribution in [-0.2, 0) is 0 Å². The summed E-state index contributed by atoms with van der Waals surface area (Å²) in [6.07, 6.45) is 1.82. The summed E-state index contributed by atoms with van der Waals surface area (Å²) in [5.41, 5.74) is 9.11. The van der Waals surface area contributed by atoms with Gasteiger partial charge in [-0.25, -0.2) is 0 Å². The van der Waals surface area contributed by atoms with Crippen LogP contribution in [0, 0.1) is 27.7 Å². The summed E-state index contributed by atoms with van der Waals surface area (Å²) in [6, 6.07) is 21.7. The van der Waals surface area contributed by atoms with E-state index in [0.717, 1.165) is 11.4 Å². The van der Waals surface area contributed by atoms with E-state index in [1.54, 1.807) is 12.1 Å². The second-order valence-corrected chi connectivity index (χ2v) is 9.30. The number of nitrogens with one attached hydrogen (secondary N) is 1. The first-order chi connectivity index (χ1) is 16.4. The van der Waals surface area contributed by atoms with Gasteiger partial charge in [0.2, 0.25) is 0 Å². The molecule has 0 saturated carbocycles. The molecular formula is C28H28N4OS. The topological polar surface area (TPSA) is 53.3 Å². The van der Waals surface area contributed by atoms with Crippen LogP contribution in [0.15, 0.2) is 72.9 Å². The highest BCUT2D eigenvalue weighted by Gasteiger charge is 2.42. The summed E-state index contributed by atoms with van der Waals surface area (Å²) in [7, 11) is 0. The quantitative estimate of drug-likeness (QED) is 0.361. The molecule has 34 heavy (non-hydrogen) atoms. The molecule has 2 aromatic heterocycles. The van der Waals surface area contributed by atoms with Crippen molar-refractivity contribution in [1.29, 1.82) is 0 Å². The van der Waals surface area contributed by atoms with Crippen molar-refractivity contribution in [3.8, 4) is 11.4 Å². The average molecular weight is 469 g/mol. The number of phenolic OH excluding ortho intramolecular Hbond substituents is 1. The van der Waals surface area contributed by atoms with E-state index >= 15 is 0 Å². The second kappa shape index (κ2) is 8.61. The van der Waals surface area contributed by atoms with Crippen LogP contribution in [0.5, 0.6) is 5.75 Å². The van der Waals surface area contributed by atoms with E-state index in [1.807, 2.05) is 36.5 Å². The highest BCUT2D eigenvalue weighted by atomic mass is 32.1. The first-order valence-electron chi connectivity index (χ1n) is 11.4. The molecule has 4 aromatic rings. The normalized spacial score (nSPS) is 17.8. The zero-order chi connectivity index (χ0) is 24.0. The number of rotatable bonds is 4. The number of para-hydroxylation sites is 1. The van der Waals surface area contributed by atoms with Crippen molar-refractivity contribution in [1.82, 2.24) is 14.9 Å². The Labute approximate surface area is 205 Å². The van der Waals surface area contributed by atoms with Gasteiger partial charge in [0.15, 0.2) is 5.11 Å². The number of pyridine rings is 1. The molecule has 2 aromatic carbocycles. The molecule has 1 fully saturated rings. The molecule has 0 bridgehead atoms. The Morgan fingerprint density at radius 1 is 0.912 bits per heavy atom. The molecule has 0 aliphatic carbocycles. The highest BCUT2D eigenvalue weighted by molar-refractivity contribution is 7.80. The van der Waals surface area contributed by atoms with E-state index in [1.165, 1.54) is 33.8 Å². The maximum absolute atomic E-state index is 9.86. The van der Waals surface area contributed by atoms with Crippen LogP contribution in [-0.4, -0.2) is 19.8 Å². The Morgan fingerprint density at radius 2 is 1.62 bits per heavy atom. The van der Waals surface area contributed by atoms with E-state index in [2.05, 4.69) is 71.7 Å². The number of hydrogen-bond donors (Lipinski definition) is 2. The standard InChI is InChI=1S/C28H28N4OS/c1-17-8-7-9-18(2)26(17)31-19(3)16-23(20(31)4)27-25(24-10-5-6-15-29-24)30-28(34)32(27)21-11-13-22(33)14-12-21/h5-16,25,27,33H,1-4H3,(H,30,34)/t25-,27-/m1/s1. The van der Waals surface area contributed by atoms with Gasteiger partial charge in [0.25, 0.3) is 0 Å². The fraction of sp³-hybridized carbons (Fsp3) is 0.214. The minimum absolute atomic E-state index is 0.101. The van der Waals surface area contributed by atoms with E-state index in [-0.39, 0.29) is 17.8 Å².